The summed E-state index contributed by atoms with van der Waals surface area (Å²) in [6, 6.07) is 11.0. The minimum absolute atomic E-state index is 0.108. The van der Waals surface area contributed by atoms with Gasteiger partial charge in [0.15, 0.2) is 5.60 Å². The Bertz CT molecular complexity index is 1190. The van der Waals surface area contributed by atoms with E-state index in [4.69, 9.17) is 32.6 Å². The van der Waals surface area contributed by atoms with E-state index < -0.39 is 43.8 Å². The highest BCUT2D eigenvalue weighted by atomic mass is 32.2. The maximum absolute atomic E-state index is 12.6. The van der Waals surface area contributed by atoms with Crippen LogP contribution >= 0.6 is 12.2 Å². The average molecular weight is 510 g/mol. The van der Waals surface area contributed by atoms with Gasteiger partial charge in [0, 0.05) is 16.9 Å². The van der Waals surface area contributed by atoms with Gasteiger partial charge < -0.3 is 20.4 Å². The number of carbonyl (C=O) groups is 1. The molecule has 2 rings (SSSR count). The van der Waals surface area contributed by atoms with Crippen LogP contribution in [0.15, 0.2) is 53.4 Å². The van der Waals surface area contributed by atoms with Crippen molar-refractivity contribution in [3.8, 4) is 5.75 Å². The first-order chi connectivity index (χ1) is 15.7. The molecule has 184 valence electrons. The van der Waals surface area contributed by atoms with Gasteiger partial charge in [-0.3, -0.25) is 10.1 Å². The number of ether oxygens (including phenoxy) is 1. The summed E-state index contributed by atoms with van der Waals surface area (Å²) in [6.45, 7) is 6.87. The molecular weight excluding hydrogens is 482 g/mol. The standard InChI is InChI=1S/C22H27N3O7S2/c1-5-17(22(19(23)33,21(2,3)4)31-20(24)26)16-12-11-14(13-18(16)25(27)28)32-34(29,30)15-9-7-6-8-10-15/h6-13,17H,5H2,1-4H3,(H2,23,33)(H2,24,26). The quantitative estimate of drug-likeness (QED) is 0.220. The van der Waals surface area contributed by atoms with Gasteiger partial charge in [-0.05, 0) is 30.7 Å². The molecule has 0 aromatic heterocycles. The van der Waals surface area contributed by atoms with E-state index >= 15 is 0 Å². The first-order valence-corrected chi connectivity index (χ1v) is 12.0. The lowest BCUT2D eigenvalue weighted by molar-refractivity contribution is -0.386. The number of hydrogen-bond acceptors (Lipinski definition) is 8. The van der Waals surface area contributed by atoms with Gasteiger partial charge in [-0.15, -0.1) is 0 Å². The second kappa shape index (κ2) is 9.94. The van der Waals surface area contributed by atoms with Crippen molar-refractivity contribution in [3.63, 3.8) is 0 Å². The Hall–Kier alpha value is -3.25. The van der Waals surface area contributed by atoms with Gasteiger partial charge in [0.2, 0.25) is 0 Å². The van der Waals surface area contributed by atoms with Crippen LogP contribution < -0.4 is 15.7 Å². The number of carbonyl (C=O) groups excluding carboxylic acids is 1. The molecule has 2 aromatic carbocycles. The lowest BCUT2D eigenvalue weighted by Crippen LogP contribution is -2.60. The molecule has 0 heterocycles. The van der Waals surface area contributed by atoms with Crippen molar-refractivity contribution < 1.29 is 27.1 Å². The number of benzene rings is 2. The van der Waals surface area contributed by atoms with E-state index in [1.807, 2.05) is 0 Å². The highest BCUT2D eigenvalue weighted by Gasteiger charge is 2.55. The minimum Gasteiger partial charge on any atom is -0.434 e. The lowest BCUT2D eigenvalue weighted by Gasteiger charge is -2.47. The van der Waals surface area contributed by atoms with E-state index in [1.54, 1.807) is 33.8 Å². The average Bonchev–Trinajstić information content (AvgIpc) is 2.73. The van der Waals surface area contributed by atoms with Gasteiger partial charge in [-0.25, -0.2) is 4.79 Å². The molecule has 12 heteroatoms. The minimum atomic E-state index is -4.22. The number of nitro benzene ring substituents is 1. The van der Waals surface area contributed by atoms with Crippen LogP contribution in [0.3, 0.4) is 0 Å². The van der Waals surface area contributed by atoms with Crippen molar-refractivity contribution in [1.82, 2.24) is 0 Å². The Morgan fingerprint density at radius 1 is 1.15 bits per heavy atom. The van der Waals surface area contributed by atoms with E-state index in [0.717, 1.165) is 6.07 Å². The van der Waals surface area contributed by atoms with Crippen LogP contribution in [0.1, 0.15) is 45.6 Å². The lowest BCUT2D eigenvalue weighted by atomic mass is 9.65. The number of nitro groups is 1. The third kappa shape index (κ3) is 5.28. The molecule has 0 fully saturated rings. The number of amides is 1. The molecule has 10 nitrogen and oxygen atoms in total. The van der Waals surface area contributed by atoms with Gasteiger partial charge in [0.05, 0.1) is 11.0 Å². The molecule has 4 N–H and O–H groups in total. The summed E-state index contributed by atoms with van der Waals surface area (Å²) >= 11 is 5.27. The van der Waals surface area contributed by atoms with Gasteiger partial charge in [0.1, 0.15) is 15.6 Å². The van der Waals surface area contributed by atoms with E-state index in [0.29, 0.717) is 0 Å². The Kier molecular flexibility index (Phi) is 7.89. The van der Waals surface area contributed by atoms with E-state index in [1.165, 1.54) is 36.4 Å². The molecule has 2 unspecified atom stereocenters. The first kappa shape index (κ1) is 27.0. The van der Waals surface area contributed by atoms with Crippen molar-refractivity contribution in [2.75, 3.05) is 0 Å². The number of hydrogen-bond donors (Lipinski definition) is 2. The van der Waals surface area contributed by atoms with Crippen molar-refractivity contribution in [2.24, 2.45) is 16.9 Å². The SMILES string of the molecule is CCC(c1ccc(OS(=O)(=O)c2ccccc2)cc1[N+](=O)[O-])C(OC(N)=O)(C(N)=S)C(C)(C)C. The fraction of sp³-hybridized carbons (Fsp3) is 0.364. The van der Waals surface area contributed by atoms with E-state index in [9.17, 15) is 23.3 Å². The first-order valence-electron chi connectivity index (χ1n) is 10.2. The molecule has 2 aromatic rings. The molecule has 0 spiro atoms. The van der Waals surface area contributed by atoms with Crippen molar-refractivity contribution in [3.05, 3.63) is 64.2 Å². The molecular formula is C22H27N3O7S2. The summed E-state index contributed by atoms with van der Waals surface area (Å²) in [5, 5.41) is 12.0. The molecule has 0 saturated carbocycles. The molecule has 0 aliphatic rings. The third-order valence-electron chi connectivity index (χ3n) is 5.45. The van der Waals surface area contributed by atoms with Crippen LogP contribution in [0, 0.1) is 15.5 Å². The van der Waals surface area contributed by atoms with Gasteiger partial charge in [-0.1, -0.05) is 58.1 Å². The second-order valence-corrected chi connectivity index (χ2v) is 10.5. The molecule has 0 bridgehead atoms. The van der Waals surface area contributed by atoms with Crippen LogP contribution in [-0.4, -0.2) is 30.0 Å². The Labute approximate surface area is 203 Å². The Morgan fingerprint density at radius 3 is 2.18 bits per heavy atom. The monoisotopic (exact) mass is 509 g/mol. The fourth-order valence-electron chi connectivity index (χ4n) is 4.01. The topological polar surface area (TPSA) is 165 Å². The zero-order valence-electron chi connectivity index (χ0n) is 19.2. The molecule has 0 saturated heterocycles. The third-order valence-corrected chi connectivity index (χ3v) is 7.02. The number of nitrogens with zero attached hydrogens (tertiary/aromatic N) is 1. The van der Waals surface area contributed by atoms with Gasteiger partial charge in [-0.2, -0.15) is 8.42 Å². The molecule has 0 aliphatic heterocycles. The Morgan fingerprint density at radius 2 is 1.74 bits per heavy atom. The van der Waals surface area contributed by atoms with Crippen LogP contribution in [0.4, 0.5) is 10.5 Å². The van der Waals surface area contributed by atoms with Crippen LogP contribution in [-0.2, 0) is 14.9 Å². The van der Waals surface area contributed by atoms with Crippen molar-refractivity contribution >= 4 is 39.1 Å². The number of rotatable bonds is 9. The van der Waals surface area contributed by atoms with Crippen molar-refractivity contribution in [1.29, 1.82) is 0 Å². The maximum Gasteiger partial charge on any atom is 0.405 e. The number of primary amides is 1. The van der Waals surface area contributed by atoms with Crippen LogP contribution in [0.5, 0.6) is 5.75 Å². The molecule has 1 amide bonds. The van der Waals surface area contributed by atoms with E-state index in [2.05, 4.69) is 0 Å². The largest absolute Gasteiger partial charge is 0.434 e. The normalized spacial score (nSPS) is 14.5. The zero-order valence-corrected chi connectivity index (χ0v) is 20.8. The number of nitrogens with two attached hydrogens (primary N) is 2. The Balaban J connectivity index is 2.68. The van der Waals surface area contributed by atoms with Gasteiger partial charge >= 0.3 is 16.2 Å². The zero-order chi connectivity index (χ0) is 25.9. The molecule has 34 heavy (non-hydrogen) atoms. The van der Waals surface area contributed by atoms with Crippen molar-refractivity contribution in [2.45, 2.75) is 50.5 Å². The predicted molar refractivity (Wildman–Crippen MR) is 130 cm³/mol. The summed E-state index contributed by atoms with van der Waals surface area (Å²) in [4.78, 5) is 22.9. The molecule has 0 aliphatic carbocycles. The summed E-state index contributed by atoms with van der Waals surface area (Å²) in [5.41, 5.74) is 8.47. The van der Waals surface area contributed by atoms with Crippen LogP contribution in [0.2, 0.25) is 0 Å². The highest BCUT2D eigenvalue weighted by Crippen LogP contribution is 2.49. The molecule has 2 atom stereocenters. The van der Waals surface area contributed by atoms with E-state index in [-0.39, 0.29) is 27.6 Å². The summed E-state index contributed by atoms with van der Waals surface area (Å²) in [6.07, 6.45) is -0.914. The summed E-state index contributed by atoms with van der Waals surface area (Å²) in [7, 11) is -4.22. The molecule has 0 radical (unpaired) electrons. The summed E-state index contributed by atoms with van der Waals surface area (Å²) in [5.74, 6) is -1.14. The smallest absolute Gasteiger partial charge is 0.405 e. The highest BCUT2D eigenvalue weighted by molar-refractivity contribution is 7.87. The van der Waals surface area contributed by atoms with Gasteiger partial charge in [0.25, 0.3) is 5.69 Å². The fourth-order valence-corrected chi connectivity index (χ4v) is 5.45. The van der Waals surface area contributed by atoms with Crippen LogP contribution in [0.25, 0.3) is 0 Å². The predicted octanol–water partition coefficient (Wildman–Crippen LogP) is 4.02. The summed E-state index contributed by atoms with van der Waals surface area (Å²) < 4.78 is 35.7. The maximum atomic E-state index is 12.6. The number of thiocarbonyl (C=S) groups is 1. The second-order valence-electron chi connectivity index (χ2n) is 8.56.